The van der Waals surface area contributed by atoms with Crippen LogP contribution in [0.1, 0.15) is 80.7 Å². The van der Waals surface area contributed by atoms with Gasteiger partial charge in [0.1, 0.15) is 62.5 Å². The van der Waals surface area contributed by atoms with Crippen molar-refractivity contribution in [3.8, 4) is 0 Å². The second-order valence-electron chi connectivity index (χ2n) is 16.6. The van der Waals surface area contributed by atoms with Gasteiger partial charge in [-0.25, -0.2) is 28.8 Å². The van der Waals surface area contributed by atoms with Crippen molar-refractivity contribution in [3.63, 3.8) is 0 Å². The Balaban J connectivity index is 3.21. The van der Waals surface area contributed by atoms with Gasteiger partial charge < -0.3 is 61.6 Å². The highest BCUT2D eigenvalue weighted by Crippen LogP contribution is 2.26. The number of hydrogen-bond acceptors (Lipinski definition) is 24. The molecule has 0 aliphatic rings. The van der Waals surface area contributed by atoms with Crippen LogP contribution in [0.3, 0.4) is 0 Å². The molecule has 0 spiro atoms. The van der Waals surface area contributed by atoms with Crippen molar-refractivity contribution in [1.82, 2.24) is 0 Å². The van der Waals surface area contributed by atoms with Gasteiger partial charge in [0.15, 0.2) is 24.4 Å². The van der Waals surface area contributed by atoms with Crippen molar-refractivity contribution in [2.75, 3.05) is 64.6 Å². The molecule has 1 aromatic rings. The van der Waals surface area contributed by atoms with Crippen LogP contribution >= 0.6 is 23.2 Å². The van der Waals surface area contributed by atoms with E-state index < -0.39 is 146 Å². The molecule has 0 aliphatic carbocycles. The number of rotatable bonds is 31. The molecule has 0 amide bonds. The number of carbonyl (C=O) groups is 11. The molecular formula is C46H62Cl2O24. The number of carbonyl (C=O) groups excluding carboxylic acids is 11. The summed E-state index contributed by atoms with van der Waals surface area (Å²) in [6, 6.07) is 8.38. The SMILES string of the molecule is CC(=O)O[C@H](C)C(=O)O[C@H](C)C(=O)OCC(C)(COC(=O)OCC(C)(COC(=O)OCC(C)(COC(=O)[C@@H](C)OC(=O)[C@@H](C)OC(C)=O)C(=O)OCCCCl)C(=O)OCc1ccccc1)C(=O)OCCCCl. The largest absolute Gasteiger partial charge is 0.508 e. The summed E-state index contributed by atoms with van der Waals surface area (Å²) in [5.41, 5.74) is -5.29. The molecule has 0 saturated carbocycles. The van der Waals surface area contributed by atoms with Crippen LogP contribution in [0.25, 0.3) is 0 Å². The van der Waals surface area contributed by atoms with Crippen LogP contribution in [0.15, 0.2) is 30.3 Å². The minimum Gasteiger partial charge on any atom is -0.465 e. The molecule has 24 nitrogen and oxygen atoms in total. The molecule has 0 saturated heterocycles. The molecule has 0 aliphatic heterocycles. The molecule has 1 rings (SSSR count). The van der Waals surface area contributed by atoms with Crippen molar-refractivity contribution in [2.24, 2.45) is 16.2 Å². The van der Waals surface area contributed by atoms with Crippen LogP contribution < -0.4 is 0 Å². The van der Waals surface area contributed by atoms with Crippen molar-refractivity contribution < 1.29 is 114 Å². The smallest absolute Gasteiger partial charge is 0.465 e. The number of halogens is 2. The van der Waals surface area contributed by atoms with Crippen LogP contribution in [0.5, 0.6) is 0 Å². The normalized spacial score (nSPS) is 14.9. The van der Waals surface area contributed by atoms with E-state index in [0.717, 1.165) is 27.7 Å². The minimum atomic E-state index is -2.01. The van der Waals surface area contributed by atoms with Gasteiger partial charge >= 0.3 is 66.0 Å². The predicted molar refractivity (Wildman–Crippen MR) is 243 cm³/mol. The first-order valence-corrected chi connectivity index (χ1v) is 23.1. The lowest BCUT2D eigenvalue weighted by Crippen LogP contribution is -2.43. The summed E-state index contributed by atoms with van der Waals surface area (Å²) in [6.45, 7) is 4.78. The first-order valence-electron chi connectivity index (χ1n) is 22.1. The molecular weight excluding hydrogens is 1010 g/mol. The minimum absolute atomic E-state index is 0.119. The van der Waals surface area contributed by atoms with Crippen LogP contribution in [-0.2, 0) is 111 Å². The van der Waals surface area contributed by atoms with E-state index in [4.69, 9.17) is 84.8 Å². The molecule has 1 aromatic carbocycles. The van der Waals surface area contributed by atoms with Crippen molar-refractivity contribution in [2.45, 2.75) is 106 Å². The maximum atomic E-state index is 13.6. The van der Waals surface area contributed by atoms with Crippen molar-refractivity contribution >= 4 is 89.2 Å². The van der Waals surface area contributed by atoms with Crippen LogP contribution in [0.4, 0.5) is 9.59 Å². The van der Waals surface area contributed by atoms with Gasteiger partial charge in [0, 0.05) is 25.6 Å². The topological polar surface area (TPSA) is 308 Å². The molecule has 72 heavy (non-hydrogen) atoms. The fraction of sp³-hybridized carbons (Fsp3) is 0.630. The Morgan fingerprint density at radius 1 is 0.431 bits per heavy atom. The number of alkyl halides is 2. The highest BCUT2D eigenvalue weighted by molar-refractivity contribution is 6.18. The summed E-state index contributed by atoms with van der Waals surface area (Å²) in [5, 5.41) is 0. The van der Waals surface area contributed by atoms with E-state index in [2.05, 4.69) is 0 Å². The molecule has 0 N–H and O–H groups in total. The van der Waals surface area contributed by atoms with Crippen molar-refractivity contribution in [1.29, 1.82) is 0 Å². The van der Waals surface area contributed by atoms with Crippen LogP contribution in [0, 0.1) is 16.2 Å². The quantitative estimate of drug-likeness (QED) is 0.0434. The van der Waals surface area contributed by atoms with E-state index in [1.807, 2.05) is 0 Å². The number of hydrogen-bond donors (Lipinski definition) is 0. The maximum Gasteiger partial charge on any atom is 0.508 e. The average Bonchev–Trinajstić information content (AvgIpc) is 3.33. The molecule has 404 valence electrons. The molecule has 6 atom stereocenters. The van der Waals surface area contributed by atoms with E-state index in [9.17, 15) is 52.7 Å². The van der Waals surface area contributed by atoms with Gasteiger partial charge in [-0.2, -0.15) is 0 Å². The first kappa shape index (κ1) is 63.6. The third-order valence-electron chi connectivity index (χ3n) is 9.41. The summed E-state index contributed by atoms with van der Waals surface area (Å²) in [7, 11) is 0. The monoisotopic (exact) mass is 1070 g/mol. The maximum absolute atomic E-state index is 13.6. The van der Waals surface area contributed by atoms with Gasteiger partial charge in [-0.15, -0.1) is 23.2 Å². The van der Waals surface area contributed by atoms with E-state index in [0.29, 0.717) is 5.56 Å². The lowest BCUT2D eigenvalue weighted by atomic mass is 9.93. The van der Waals surface area contributed by atoms with Gasteiger partial charge in [0.2, 0.25) is 0 Å². The van der Waals surface area contributed by atoms with Crippen molar-refractivity contribution in [3.05, 3.63) is 35.9 Å². The van der Waals surface area contributed by atoms with E-state index in [1.54, 1.807) is 30.3 Å². The van der Waals surface area contributed by atoms with E-state index >= 15 is 0 Å². The molecule has 0 radical (unpaired) electrons. The Kier molecular flexibility index (Phi) is 28.1. The molecule has 26 heteroatoms. The second-order valence-corrected chi connectivity index (χ2v) is 17.4. The first-order chi connectivity index (χ1) is 33.7. The number of esters is 9. The predicted octanol–water partition coefficient (Wildman–Crippen LogP) is 4.25. The summed E-state index contributed by atoms with van der Waals surface area (Å²) < 4.78 is 66.6. The Bertz CT molecular complexity index is 1900. The highest BCUT2D eigenvalue weighted by atomic mass is 35.5. The molecule has 0 fully saturated rings. The Morgan fingerprint density at radius 2 is 0.736 bits per heavy atom. The van der Waals surface area contributed by atoms with Gasteiger partial charge in [-0.1, -0.05) is 30.3 Å². The molecule has 0 aromatic heterocycles. The summed E-state index contributed by atoms with van der Waals surface area (Å²) >= 11 is 11.4. The Labute approximate surface area is 425 Å². The second kappa shape index (κ2) is 31.8. The molecule has 0 heterocycles. The summed E-state index contributed by atoms with van der Waals surface area (Å²) in [5.74, 6) is -8.81. The summed E-state index contributed by atoms with van der Waals surface area (Å²) in [4.78, 5) is 139. The third kappa shape index (κ3) is 23.7. The molecule has 0 bridgehead atoms. The van der Waals surface area contributed by atoms with E-state index in [1.165, 1.54) is 34.6 Å². The standard InChI is InChI=1S/C46H62Cl2O24/c1-28(71-37(53)30(3)69-32(5)49)35(51)63-22-44(7,39(55)60-19-13-17-47)24-65-42(58)67-26-46(9,41(57)62-21-34-15-11-10-12-16-34)27-68-43(59)66-25-45(8,40(56)61-20-14-18-48)23-64-36(52)29(2)72-38(54)31(4)70-33(6)50/h10-12,15-16,28-31H,13-14,17-27H2,1-9H3/t28-,29-,30-,31-,44?,45?,46?/m1/s1. The Hall–Kier alpha value is -6.43. The zero-order valence-corrected chi connectivity index (χ0v) is 43.0. The zero-order chi connectivity index (χ0) is 54.7. The fourth-order valence-corrected chi connectivity index (χ4v) is 5.26. The van der Waals surface area contributed by atoms with Crippen LogP contribution in [0.2, 0.25) is 0 Å². The highest BCUT2D eigenvalue weighted by Gasteiger charge is 2.43. The lowest BCUT2D eigenvalue weighted by molar-refractivity contribution is -0.180. The Morgan fingerprint density at radius 3 is 1.06 bits per heavy atom. The van der Waals surface area contributed by atoms with Gasteiger partial charge in [0.05, 0.1) is 13.2 Å². The molecule has 2 unspecified atom stereocenters. The number of ether oxygens (including phenoxy) is 13. The third-order valence-corrected chi connectivity index (χ3v) is 9.95. The fourth-order valence-electron chi connectivity index (χ4n) is 5.05. The average molecular weight is 1070 g/mol. The van der Waals surface area contributed by atoms with E-state index in [-0.39, 0.29) is 44.4 Å². The lowest BCUT2D eigenvalue weighted by Gasteiger charge is -2.29. The van der Waals surface area contributed by atoms with Gasteiger partial charge in [-0.05, 0) is 66.9 Å². The zero-order valence-electron chi connectivity index (χ0n) is 41.4. The van der Waals surface area contributed by atoms with Gasteiger partial charge in [-0.3, -0.25) is 24.0 Å². The van der Waals surface area contributed by atoms with Crippen LogP contribution in [-0.4, -0.2) is 155 Å². The summed E-state index contributed by atoms with van der Waals surface area (Å²) in [6.07, 6.45) is -8.30. The number of benzene rings is 1. The van der Waals surface area contributed by atoms with Gasteiger partial charge in [0.25, 0.3) is 0 Å².